The number of hydrogen-bond donors (Lipinski definition) is 2. The van der Waals surface area contributed by atoms with Gasteiger partial charge in [-0.3, -0.25) is 0 Å². The summed E-state index contributed by atoms with van der Waals surface area (Å²) in [6, 6.07) is 8.09. The van der Waals surface area contributed by atoms with E-state index in [1.165, 1.54) is 0 Å². The van der Waals surface area contributed by atoms with E-state index in [9.17, 15) is 0 Å². The Morgan fingerprint density at radius 1 is 1.38 bits per heavy atom. The standard InChI is InChI=1S/C15H18ClN3O2/c16-12-5-1-4-11(9-12)14-18-15(21-19-14)17-13-6-2-3-10(13)7-8-20/h1,4-5,9-10,13,20H,2-3,6-8H2,(H,17,18,19). The number of aromatic nitrogens is 2. The van der Waals surface area contributed by atoms with Crippen LogP contribution in [0.5, 0.6) is 0 Å². The summed E-state index contributed by atoms with van der Waals surface area (Å²) >= 11 is 5.97. The van der Waals surface area contributed by atoms with E-state index < -0.39 is 0 Å². The third kappa shape index (κ3) is 3.36. The lowest BCUT2D eigenvalue weighted by Gasteiger charge is -2.18. The molecule has 0 radical (unpaired) electrons. The average Bonchev–Trinajstić information content (AvgIpc) is 3.10. The number of anilines is 1. The fourth-order valence-corrected chi connectivity index (χ4v) is 3.11. The van der Waals surface area contributed by atoms with Crippen molar-refractivity contribution in [3.8, 4) is 11.4 Å². The van der Waals surface area contributed by atoms with Crippen LogP contribution in [0.1, 0.15) is 25.7 Å². The van der Waals surface area contributed by atoms with Gasteiger partial charge in [-0.2, -0.15) is 4.98 Å². The molecule has 5 nitrogen and oxygen atoms in total. The SMILES string of the molecule is OCCC1CCCC1Nc1nc(-c2cccc(Cl)c2)no1. The van der Waals surface area contributed by atoms with Crippen LogP contribution >= 0.6 is 11.6 Å². The molecular weight excluding hydrogens is 290 g/mol. The molecule has 0 bridgehead atoms. The molecule has 0 saturated heterocycles. The van der Waals surface area contributed by atoms with Crippen LogP contribution < -0.4 is 5.32 Å². The van der Waals surface area contributed by atoms with Gasteiger partial charge in [0.15, 0.2) is 0 Å². The minimum atomic E-state index is 0.223. The molecule has 6 heteroatoms. The molecule has 1 heterocycles. The van der Waals surface area contributed by atoms with Crippen LogP contribution in [0, 0.1) is 5.92 Å². The molecule has 2 N–H and O–H groups in total. The maximum absolute atomic E-state index is 9.10. The summed E-state index contributed by atoms with van der Waals surface area (Å²) in [6.07, 6.45) is 4.18. The Hall–Kier alpha value is -1.59. The molecule has 0 aliphatic heterocycles. The topological polar surface area (TPSA) is 71.2 Å². The van der Waals surface area contributed by atoms with Gasteiger partial charge >= 0.3 is 6.01 Å². The van der Waals surface area contributed by atoms with E-state index in [-0.39, 0.29) is 6.61 Å². The van der Waals surface area contributed by atoms with Crippen LogP contribution in [0.25, 0.3) is 11.4 Å². The van der Waals surface area contributed by atoms with Crippen LogP contribution in [-0.2, 0) is 0 Å². The third-order valence-corrected chi connectivity index (χ3v) is 4.21. The lowest BCUT2D eigenvalue weighted by atomic mass is 10.0. The van der Waals surface area contributed by atoms with Crippen molar-refractivity contribution in [3.63, 3.8) is 0 Å². The zero-order valence-electron chi connectivity index (χ0n) is 11.6. The number of nitrogens with zero attached hydrogens (tertiary/aromatic N) is 2. The molecule has 1 aromatic carbocycles. The maximum atomic E-state index is 9.10. The Kier molecular flexibility index (Phi) is 4.41. The maximum Gasteiger partial charge on any atom is 0.322 e. The van der Waals surface area contributed by atoms with Gasteiger partial charge in [0.1, 0.15) is 0 Å². The number of benzene rings is 1. The minimum Gasteiger partial charge on any atom is -0.396 e. The summed E-state index contributed by atoms with van der Waals surface area (Å²) in [5, 5.41) is 17.0. The van der Waals surface area contributed by atoms with Gasteiger partial charge < -0.3 is 14.9 Å². The van der Waals surface area contributed by atoms with Crippen molar-refractivity contribution >= 4 is 17.6 Å². The summed E-state index contributed by atoms with van der Waals surface area (Å²) in [7, 11) is 0. The molecule has 2 aromatic rings. The highest BCUT2D eigenvalue weighted by Gasteiger charge is 2.28. The predicted molar refractivity (Wildman–Crippen MR) is 81.2 cm³/mol. The summed E-state index contributed by atoms with van der Waals surface area (Å²) in [5.41, 5.74) is 0.831. The molecule has 2 unspecified atom stereocenters. The van der Waals surface area contributed by atoms with Crippen molar-refractivity contribution in [1.82, 2.24) is 10.1 Å². The highest BCUT2D eigenvalue weighted by Crippen LogP contribution is 2.31. The van der Waals surface area contributed by atoms with Crippen molar-refractivity contribution in [2.75, 3.05) is 11.9 Å². The third-order valence-electron chi connectivity index (χ3n) is 3.98. The zero-order chi connectivity index (χ0) is 14.7. The first-order valence-electron chi connectivity index (χ1n) is 7.23. The van der Waals surface area contributed by atoms with E-state index in [0.29, 0.717) is 28.8 Å². The molecule has 1 aliphatic rings. The van der Waals surface area contributed by atoms with Crippen molar-refractivity contribution < 1.29 is 9.63 Å². The molecule has 112 valence electrons. The molecule has 3 rings (SSSR count). The lowest BCUT2D eigenvalue weighted by molar-refractivity contribution is 0.253. The fourth-order valence-electron chi connectivity index (χ4n) is 2.92. The summed E-state index contributed by atoms with van der Waals surface area (Å²) in [6.45, 7) is 0.223. The number of hydrogen-bond acceptors (Lipinski definition) is 5. The summed E-state index contributed by atoms with van der Waals surface area (Å²) in [4.78, 5) is 4.37. The Bertz CT molecular complexity index is 602. The van der Waals surface area contributed by atoms with Crippen LogP contribution in [0.4, 0.5) is 6.01 Å². The Morgan fingerprint density at radius 2 is 2.29 bits per heavy atom. The van der Waals surface area contributed by atoms with Crippen LogP contribution in [0.2, 0.25) is 5.02 Å². The van der Waals surface area contributed by atoms with Gasteiger partial charge in [0, 0.05) is 23.2 Å². The molecule has 2 atom stereocenters. The van der Waals surface area contributed by atoms with E-state index in [2.05, 4.69) is 15.5 Å². The molecule has 0 amide bonds. The van der Waals surface area contributed by atoms with Crippen LogP contribution in [0.3, 0.4) is 0 Å². The first kappa shape index (κ1) is 14.4. The second-order valence-corrected chi connectivity index (χ2v) is 5.82. The largest absolute Gasteiger partial charge is 0.396 e. The Morgan fingerprint density at radius 3 is 3.10 bits per heavy atom. The highest BCUT2D eigenvalue weighted by atomic mass is 35.5. The fraction of sp³-hybridized carbons (Fsp3) is 0.467. The number of aliphatic hydroxyl groups excluding tert-OH is 1. The second kappa shape index (κ2) is 6.45. The van der Waals surface area contributed by atoms with Gasteiger partial charge in [0.2, 0.25) is 5.82 Å². The van der Waals surface area contributed by atoms with Crippen LogP contribution in [0.15, 0.2) is 28.8 Å². The average molecular weight is 308 g/mol. The van der Waals surface area contributed by atoms with Crippen molar-refractivity contribution in [1.29, 1.82) is 0 Å². The normalized spacial score (nSPS) is 21.6. The Labute approximate surface area is 128 Å². The molecular formula is C15H18ClN3O2. The van der Waals surface area contributed by atoms with E-state index in [4.69, 9.17) is 21.2 Å². The predicted octanol–water partition coefficient (Wildman–Crippen LogP) is 3.35. The Balaban J connectivity index is 1.70. The first-order valence-corrected chi connectivity index (χ1v) is 7.61. The monoisotopic (exact) mass is 307 g/mol. The van der Waals surface area contributed by atoms with Crippen molar-refractivity contribution in [3.05, 3.63) is 29.3 Å². The van der Waals surface area contributed by atoms with Crippen molar-refractivity contribution in [2.24, 2.45) is 5.92 Å². The van der Waals surface area contributed by atoms with E-state index >= 15 is 0 Å². The molecule has 1 aromatic heterocycles. The van der Waals surface area contributed by atoms with Gasteiger partial charge in [0.25, 0.3) is 0 Å². The van der Waals surface area contributed by atoms with Gasteiger partial charge in [-0.1, -0.05) is 35.3 Å². The lowest BCUT2D eigenvalue weighted by Crippen LogP contribution is -2.24. The summed E-state index contributed by atoms with van der Waals surface area (Å²) < 4.78 is 5.27. The molecule has 21 heavy (non-hydrogen) atoms. The van der Waals surface area contributed by atoms with E-state index in [1.54, 1.807) is 6.07 Å². The van der Waals surface area contributed by atoms with Gasteiger partial charge in [-0.25, -0.2) is 0 Å². The molecule has 1 saturated carbocycles. The second-order valence-electron chi connectivity index (χ2n) is 5.39. The van der Waals surface area contributed by atoms with Gasteiger partial charge in [-0.05, 0) is 37.3 Å². The zero-order valence-corrected chi connectivity index (χ0v) is 12.4. The van der Waals surface area contributed by atoms with Crippen LogP contribution in [-0.4, -0.2) is 27.9 Å². The molecule has 1 aliphatic carbocycles. The first-order chi connectivity index (χ1) is 10.3. The smallest absolute Gasteiger partial charge is 0.322 e. The minimum absolute atomic E-state index is 0.223. The number of rotatable bonds is 5. The van der Waals surface area contributed by atoms with Crippen molar-refractivity contribution in [2.45, 2.75) is 31.7 Å². The number of aliphatic hydroxyl groups is 1. The molecule has 0 spiro atoms. The van der Waals surface area contributed by atoms with Gasteiger partial charge in [0.05, 0.1) is 0 Å². The summed E-state index contributed by atoms with van der Waals surface area (Å²) in [5.74, 6) is 0.994. The highest BCUT2D eigenvalue weighted by molar-refractivity contribution is 6.30. The quantitative estimate of drug-likeness (QED) is 0.886. The van der Waals surface area contributed by atoms with E-state index in [0.717, 1.165) is 31.2 Å². The van der Waals surface area contributed by atoms with E-state index in [1.807, 2.05) is 18.2 Å². The number of nitrogens with one attached hydrogen (secondary N) is 1. The van der Waals surface area contributed by atoms with Gasteiger partial charge in [-0.15, -0.1) is 0 Å². The number of halogens is 1. The molecule has 1 fully saturated rings.